The monoisotopic (exact) mass is 380 g/mol. The number of rotatable bonds is 7. The maximum Gasteiger partial charge on any atom is 0.413 e. The molecule has 0 aromatic heterocycles. The van der Waals surface area contributed by atoms with Crippen LogP contribution in [0.1, 0.15) is 31.1 Å². The first-order valence-corrected chi connectivity index (χ1v) is 8.24. The predicted octanol–water partition coefficient (Wildman–Crippen LogP) is 1.26. The average molecular weight is 380 g/mol. The molecule has 2 N–H and O–H groups in total. The molecular formula is C18H24N2O7. The summed E-state index contributed by atoms with van der Waals surface area (Å²) in [7, 11) is 2.53. The van der Waals surface area contributed by atoms with Gasteiger partial charge in [0.2, 0.25) is 0 Å². The van der Waals surface area contributed by atoms with E-state index in [9.17, 15) is 19.2 Å². The molecule has 0 fully saturated rings. The number of benzene rings is 1. The summed E-state index contributed by atoms with van der Waals surface area (Å²) in [6.07, 6.45) is -2.21. The van der Waals surface area contributed by atoms with E-state index < -0.39 is 36.0 Å². The molecule has 0 aliphatic rings. The minimum absolute atomic E-state index is 0.259. The van der Waals surface area contributed by atoms with E-state index in [1.807, 2.05) is 5.32 Å². The summed E-state index contributed by atoms with van der Waals surface area (Å²) in [5.41, 5.74) is 0.259. The second-order valence-electron chi connectivity index (χ2n) is 5.96. The number of para-hydroxylation sites is 1. The predicted molar refractivity (Wildman–Crippen MR) is 95.2 cm³/mol. The van der Waals surface area contributed by atoms with Gasteiger partial charge in [0, 0.05) is 0 Å². The highest BCUT2D eigenvalue weighted by Gasteiger charge is 2.30. The van der Waals surface area contributed by atoms with E-state index in [1.54, 1.807) is 38.1 Å². The lowest BCUT2D eigenvalue weighted by molar-refractivity contribution is -0.157. The third-order valence-corrected chi connectivity index (χ3v) is 3.63. The molecule has 9 heteroatoms. The molecule has 1 aromatic rings. The van der Waals surface area contributed by atoms with Crippen LogP contribution in [0.4, 0.5) is 4.79 Å². The number of carbonyl (C=O) groups excluding carboxylic acids is 4. The molecule has 0 aliphatic heterocycles. The average Bonchev–Trinajstić information content (AvgIpc) is 2.64. The van der Waals surface area contributed by atoms with Crippen molar-refractivity contribution in [1.29, 1.82) is 0 Å². The van der Waals surface area contributed by atoms with Crippen LogP contribution in [-0.4, -0.2) is 50.2 Å². The van der Waals surface area contributed by atoms with Crippen molar-refractivity contribution >= 4 is 23.9 Å². The molecule has 0 aliphatic carbocycles. The molecule has 0 spiro atoms. The molecule has 2 atom stereocenters. The molecule has 0 saturated carbocycles. The molecule has 0 bridgehead atoms. The molecule has 148 valence electrons. The van der Waals surface area contributed by atoms with Crippen molar-refractivity contribution in [3.8, 4) is 5.75 Å². The minimum Gasteiger partial charge on any atom is -0.496 e. The maximum atomic E-state index is 12.5. The van der Waals surface area contributed by atoms with Crippen molar-refractivity contribution in [2.24, 2.45) is 5.92 Å². The van der Waals surface area contributed by atoms with E-state index in [2.05, 4.69) is 10.1 Å². The first-order valence-electron chi connectivity index (χ1n) is 8.24. The van der Waals surface area contributed by atoms with Gasteiger partial charge in [0.25, 0.3) is 11.8 Å². The molecule has 0 heterocycles. The van der Waals surface area contributed by atoms with Gasteiger partial charge in [-0.05, 0) is 25.0 Å². The van der Waals surface area contributed by atoms with Crippen LogP contribution in [-0.2, 0) is 19.1 Å². The number of imide groups is 1. The zero-order valence-corrected chi connectivity index (χ0v) is 15.9. The van der Waals surface area contributed by atoms with Gasteiger partial charge in [0.1, 0.15) is 11.8 Å². The van der Waals surface area contributed by atoms with Crippen LogP contribution in [0.15, 0.2) is 24.3 Å². The Morgan fingerprint density at radius 2 is 1.63 bits per heavy atom. The Bertz CT molecular complexity index is 703. The van der Waals surface area contributed by atoms with E-state index >= 15 is 0 Å². The highest BCUT2D eigenvalue weighted by Crippen LogP contribution is 2.18. The topological polar surface area (TPSA) is 120 Å². The second kappa shape index (κ2) is 10.1. The molecule has 0 radical (unpaired) electrons. The second-order valence-corrected chi connectivity index (χ2v) is 5.96. The lowest BCUT2D eigenvalue weighted by atomic mass is 10.0. The van der Waals surface area contributed by atoms with Gasteiger partial charge < -0.3 is 19.5 Å². The van der Waals surface area contributed by atoms with E-state index in [1.165, 1.54) is 14.0 Å². The van der Waals surface area contributed by atoms with Crippen molar-refractivity contribution < 1.29 is 33.4 Å². The SMILES string of the molecule is COC(=O)NC(=O)[C@H](C)OC(=O)[C@@H](NC(=O)c1ccccc1OC)C(C)C. The third-order valence-electron chi connectivity index (χ3n) is 3.63. The molecule has 0 unspecified atom stereocenters. The Morgan fingerprint density at radius 3 is 2.19 bits per heavy atom. The Hall–Kier alpha value is -3.10. The van der Waals surface area contributed by atoms with Crippen LogP contribution < -0.4 is 15.4 Å². The molecule has 1 rings (SSSR count). The van der Waals surface area contributed by atoms with E-state index in [-0.39, 0.29) is 11.5 Å². The summed E-state index contributed by atoms with van der Waals surface area (Å²) in [6, 6.07) is 5.56. The van der Waals surface area contributed by atoms with Gasteiger partial charge in [-0.2, -0.15) is 0 Å². The van der Waals surface area contributed by atoms with Crippen molar-refractivity contribution in [2.75, 3.05) is 14.2 Å². The first kappa shape index (κ1) is 21.9. The summed E-state index contributed by atoms with van der Waals surface area (Å²) in [5.74, 6) is -2.12. The highest BCUT2D eigenvalue weighted by molar-refractivity contribution is 5.99. The number of amides is 3. The van der Waals surface area contributed by atoms with Gasteiger partial charge in [-0.3, -0.25) is 14.9 Å². The normalized spacial score (nSPS) is 12.5. The number of methoxy groups -OCH3 is 2. The van der Waals surface area contributed by atoms with E-state index in [0.717, 1.165) is 7.11 Å². The number of nitrogens with one attached hydrogen (secondary N) is 2. The zero-order chi connectivity index (χ0) is 20.6. The van der Waals surface area contributed by atoms with Gasteiger partial charge in [0.05, 0.1) is 19.8 Å². The largest absolute Gasteiger partial charge is 0.496 e. The van der Waals surface area contributed by atoms with Crippen LogP contribution in [0.2, 0.25) is 0 Å². The van der Waals surface area contributed by atoms with Crippen molar-refractivity contribution in [2.45, 2.75) is 32.9 Å². The number of carbonyl (C=O) groups is 4. The van der Waals surface area contributed by atoms with Gasteiger partial charge in [-0.1, -0.05) is 26.0 Å². The van der Waals surface area contributed by atoms with Gasteiger partial charge in [-0.25, -0.2) is 9.59 Å². The quantitative estimate of drug-likeness (QED) is 0.683. The number of hydrogen-bond donors (Lipinski definition) is 2. The van der Waals surface area contributed by atoms with Crippen LogP contribution >= 0.6 is 0 Å². The fourth-order valence-corrected chi connectivity index (χ4v) is 2.10. The number of alkyl carbamates (subject to hydrolysis) is 1. The fraction of sp³-hybridized carbons (Fsp3) is 0.444. The number of esters is 1. The summed E-state index contributed by atoms with van der Waals surface area (Å²) in [6.45, 7) is 4.73. The highest BCUT2D eigenvalue weighted by atomic mass is 16.6. The van der Waals surface area contributed by atoms with Crippen LogP contribution in [0.3, 0.4) is 0 Å². The minimum atomic E-state index is -1.25. The summed E-state index contributed by atoms with van der Waals surface area (Å²) < 4.78 is 14.5. The van der Waals surface area contributed by atoms with Gasteiger partial charge >= 0.3 is 12.1 Å². The van der Waals surface area contributed by atoms with Crippen molar-refractivity contribution in [3.05, 3.63) is 29.8 Å². The summed E-state index contributed by atoms with van der Waals surface area (Å²) >= 11 is 0. The van der Waals surface area contributed by atoms with Gasteiger partial charge in [0.15, 0.2) is 6.10 Å². The lowest BCUT2D eigenvalue weighted by Crippen LogP contribution is -2.48. The van der Waals surface area contributed by atoms with Crippen LogP contribution in [0.25, 0.3) is 0 Å². The molecule has 9 nitrogen and oxygen atoms in total. The van der Waals surface area contributed by atoms with E-state index in [4.69, 9.17) is 9.47 Å². The zero-order valence-electron chi connectivity index (χ0n) is 15.9. The molecule has 0 saturated heterocycles. The van der Waals surface area contributed by atoms with Crippen molar-refractivity contribution in [3.63, 3.8) is 0 Å². The smallest absolute Gasteiger partial charge is 0.413 e. The maximum absolute atomic E-state index is 12.5. The molecular weight excluding hydrogens is 356 g/mol. The van der Waals surface area contributed by atoms with Crippen molar-refractivity contribution in [1.82, 2.24) is 10.6 Å². The summed E-state index contributed by atoms with van der Waals surface area (Å²) in [4.78, 5) is 47.7. The lowest BCUT2D eigenvalue weighted by Gasteiger charge is -2.23. The van der Waals surface area contributed by atoms with Gasteiger partial charge in [-0.15, -0.1) is 0 Å². The Labute approximate surface area is 157 Å². The summed E-state index contributed by atoms with van der Waals surface area (Å²) in [5, 5.41) is 4.49. The van der Waals surface area contributed by atoms with Crippen LogP contribution in [0, 0.1) is 5.92 Å². The molecule has 27 heavy (non-hydrogen) atoms. The van der Waals surface area contributed by atoms with E-state index in [0.29, 0.717) is 5.75 Å². The fourth-order valence-electron chi connectivity index (χ4n) is 2.10. The number of ether oxygens (including phenoxy) is 3. The van der Waals surface area contributed by atoms with Crippen LogP contribution in [0.5, 0.6) is 5.75 Å². The third kappa shape index (κ3) is 6.28. The Balaban J connectivity index is 2.83. The standard InChI is InChI=1S/C18H24N2O7/c1-10(2)14(17(23)27-11(3)15(21)20-18(24)26-5)19-16(22)12-8-6-7-9-13(12)25-4/h6-11,14H,1-5H3,(H,19,22)(H,20,21,24)/t11-,14-/m0/s1. The Morgan fingerprint density at radius 1 is 1.00 bits per heavy atom. The Kier molecular flexibility index (Phi) is 8.25. The molecule has 3 amide bonds. The number of hydrogen-bond acceptors (Lipinski definition) is 7. The molecule has 1 aromatic carbocycles. The first-order chi connectivity index (χ1) is 12.7.